The minimum atomic E-state index is -3.98. The molecule has 9 nitrogen and oxygen atoms in total. The summed E-state index contributed by atoms with van der Waals surface area (Å²) in [5.74, 6) is 0.187. The molecule has 1 aliphatic carbocycles. The van der Waals surface area contributed by atoms with Crippen LogP contribution in [-0.4, -0.2) is 37.3 Å². The lowest BCUT2D eigenvalue weighted by molar-refractivity contribution is 0.104. The number of hydrogen-bond acceptors (Lipinski definition) is 9. The first-order valence-corrected chi connectivity index (χ1v) is 14.1. The van der Waals surface area contributed by atoms with Crippen LogP contribution in [0.3, 0.4) is 0 Å². The van der Waals surface area contributed by atoms with Crippen molar-refractivity contribution >= 4 is 44.8 Å². The Bertz CT molecular complexity index is 1440. The van der Waals surface area contributed by atoms with Gasteiger partial charge >= 0.3 is 10.3 Å². The van der Waals surface area contributed by atoms with Crippen molar-refractivity contribution in [2.45, 2.75) is 25.3 Å². The number of carbonyl (C=O) groups is 1. The van der Waals surface area contributed by atoms with Gasteiger partial charge in [-0.25, -0.2) is 15.1 Å². The van der Waals surface area contributed by atoms with E-state index >= 15 is 0 Å². The summed E-state index contributed by atoms with van der Waals surface area (Å²) in [7, 11) is -3.98. The highest BCUT2D eigenvalue weighted by Gasteiger charge is 2.26. The van der Waals surface area contributed by atoms with Crippen LogP contribution in [0, 0.1) is 5.92 Å². The SMILES string of the molecule is NS(=O)(=O)OC[C@@H]1CC=C(Nc2ncncc2C(=O)c2cc(C3NCCc4ccc(Cl)cc43)cs2)C1. The normalized spacial score (nSPS) is 19.6. The van der Waals surface area contributed by atoms with Crippen LogP contribution in [0.2, 0.25) is 5.02 Å². The number of anilines is 1. The van der Waals surface area contributed by atoms with Crippen LogP contribution in [0.25, 0.3) is 0 Å². The molecule has 12 heteroatoms. The fraction of sp³-hybridized carbons (Fsp3) is 0.292. The average molecular weight is 546 g/mol. The second-order valence-electron chi connectivity index (χ2n) is 8.78. The predicted octanol–water partition coefficient (Wildman–Crippen LogP) is 3.58. The van der Waals surface area contributed by atoms with Gasteiger partial charge in [0, 0.05) is 23.5 Å². The summed E-state index contributed by atoms with van der Waals surface area (Å²) in [5.41, 5.74) is 4.58. The molecule has 4 N–H and O–H groups in total. The first kappa shape index (κ1) is 25.0. The van der Waals surface area contributed by atoms with Gasteiger partial charge in [-0.3, -0.25) is 8.98 Å². The standard InChI is InChI=1S/C24H24ClN5O4S2/c25-17-3-2-15-5-6-28-22(19(15)9-17)16-8-21(35-12-16)23(31)20-10-27-13-29-24(20)30-18-4-1-14(7-18)11-34-36(26,32)33/h2-4,8-10,12-14,22,28H,1,5-7,11H2,(H2,26,32,33)(H,27,29,30)/t14-,22?/m1/s1. The maximum absolute atomic E-state index is 13.4. The van der Waals surface area contributed by atoms with Crippen LogP contribution < -0.4 is 15.8 Å². The van der Waals surface area contributed by atoms with E-state index in [4.69, 9.17) is 20.9 Å². The molecule has 5 rings (SSSR count). The number of aromatic nitrogens is 2. The topological polar surface area (TPSA) is 136 Å². The Labute approximate surface area is 218 Å². The van der Waals surface area contributed by atoms with Crippen LogP contribution in [-0.2, 0) is 20.9 Å². The summed E-state index contributed by atoms with van der Waals surface area (Å²) < 4.78 is 26.8. The number of carbonyl (C=O) groups excluding carboxylic acids is 1. The molecule has 188 valence electrons. The van der Waals surface area contributed by atoms with E-state index in [0.717, 1.165) is 29.8 Å². The van der Waals surface area contributed by atoms with Gasteiger partial charge in [0.2, 0.25) is 5.78 Å². The smallest absolute Gasteiger partial charge is 0.333 e. The average Bonchev–Trinajstić information content (AvgIpc) is 3.52. The molecule has 2 aliphatic rings. The summed E-state index contributed by atoms with van der Waals surface area (Å²) in [6, 6.07) is 7.83. The first-order valence-electron chi connectivity index (χ1n) is 11.3. The molecule has 2 aromatic heterocycles. The number of hydrogen-bond donors (Lipinski definition) is 3. The van der Waals surface area contributed by atoms with E-state index < -0.39 is 10.3 Å². The quantitative estimate of drug-likeness (QED) is 0.365. The van der Waals surface area contributed by atoms with E-state index in [9.17, 15) is 13.2 Å². The highest BCUT2D eigenvalue weighted by atomic mass is 35.5. The van der Waals surface area contributed by atoms with Crippen LogP contribution in [0.5, 0.6) is 0 Å². The highest BCUT2D eigenvalue weighted by molar-refractivity contribution is 7.84. The Kier molecular flexibility index (Phi) is 7.20. The van der Waals surface area contributed by atoms with Crippen molar-refractivity contribution in [1.82, 2.24) is 15.3 Å². The number of benzene rings is 1. The number of nitrogens with two attached hydrogens (primary N) is 1. The molecule has 0 bridgehead atoms. The molecular weight excluding hydrogens is 522 g/mol. The number of allylic oxidation sites excluding steroid dienone is 2. The molecule has 0 radical (unpaired) electrons. The summed E-state index contributed by atoms with van der Waals surface area (Å²) in [6.45, 7) is 0.842. The van der Waals surface area contributed by atoms with Crippen molar-refractivity contribution in [2.75, 3.05) is 18.5 Å². The second-order valence-corrected chi connectivity index (χ2v) is 11.3. The van der Waals surface area contributed by atoms with Crippen LogP contribution in [0.1, 0.15) is 50.8 Å². The summed E-state index contributed by atoms with van der Waals surface area (Å²) in [4.78, 5) is 22.4. The van der Waals surface area contributed by atoms with E-state index in [0.29, 0.717) is 34.1 Å². The van der Waals surface area contributed by atoms with Gasteiger partial charge in [-0.05, 0) is 65.4 Å². The summed E-state index contributed by atoms with van der Waals surface area (Å²) in [6.07, 6.45) is 6.92. The molecule has 36 heavy (non-hydrogen) atoms. The number of nitrogens with one attached hydrogen (secondary N) is 2. The van der Waals surface area contributed by atoms with Gasteiger partial charge in [0.1, 0.15) is 12.1 Å². The van der Waals surface area contributed by atoms with E-state index in [1.807, 2.05) is 29.7 Å². The molecule has 1 unspecified atom stereocenters. The summed E-state index contributed by atoms with van der Waals surface area (Å²) >= 11 is 7.63. The first-order chi connectivity index (χ1) is 17.3. The van der Waals surface area contributed by atoms with Crippen LogP contribution >= 0.6 is 22.9 Å². The molecule has 0 fully saturated rings. The van der Waals surface area contributed by atoms with Gasteiger partial charge in [0.15, 0.2) is 0 Å². The lowest BCUT2D eigenvalue weighted by Crippen LogP contribution is -2.30. The minimum absolute atomic E-state index is 0.00239. The number of nitrogens with zero attached hydrogens (tertiary/aromatic N) is 2. The Hall–Kier alpha value is -2.67. The van der Waals surface area contributed by atoms with E-state index in [-0.39, 0.29) is 24.3 Å². The molecule has 0 saturated carbocycles. The highest BCUT2D eigenvalue weighted by Crippen LogP contribution is 2.34. The molecule has 3 aromatic rings. The maximum atomic E-state index is 13.4. The van der Waals surface area contributed by atoms with E-state index in [2.05, 4.69) is 26.7 Å². The van der Waals surface area contributed by atoms with Crippen molar-refractivity contribution < 1.29 is 17.4 Å². The number of ketones is 1. The molecule has 0 spiro atoms. The number of halogens is 1. The largest absolute Gasteiger partial charge is 0.343 e. The Morgan fingerprint density at radius 1 is 1.33 bits per heavy atom. The molecule has 2 atom stereocenters. The Morgan fingerprint density at radius 3 is 3.03 bits per heavy atom. The fourth-order valence-corrected chi connectivity index (χ4v) is 5.98. The molecule has 1 aromatic carbocycles. The zero-order valence-corrected chi connectivity index (χ0v) is 21.5. The molecule has 0 amide bonds. The van der Waals surface area contributed by atoms with Crippen molar-refractivity contribution in [1.29, 1.82) is 0 Å². The van der Waals surface area contributed by atoms with Crippen molar-refractivity contribution in [3.05, 3.63) is 86.1 Å². The number of thiophene rings is 1. The lowest BCUT2D eigenvalue weighted by Gasteiger charge is -2.26. The van der Waals surface area contributed by atoms with E-state index in [1.165, 1.54) is 29.4 Å². The van der Waals surface area contributed by atoms with Gasteiger partial charge in [0.05, 0.1) is 23.1 Å². The third-order valence-electron chi connectivity index (χ3n) is 6.25. The third kappa shape index (κ3) is 5.66. The second kappa shape index (κ2) is 10.4. The zero-order chi connectivity index (χ0) is 25.3. The van der Waals surface area contributed by atoms with Gasteiger partial charge in [-0.1, -0.05) is 23.7 Å². The zero-order valence-electron chi connectivity index (χ0n) is 19.1. The molecule has 0 saturated heterocycles. The third-order valence-corrected chi connectivity index (χ3v) is 7.90. The monoisotopic (exact) mass is 545 g/mol. The molecular formula is C24H24ClN5O4S2. The summed E-state index contributed by atoms with van der Waals surface area (Å²) in [5, 5.41) is 14.3. The van der Waals surface area contributed by atoms with Gasteiger partial charge < -0.3 is 10.6 Å². The lowest BCUT2D eigenvalue weighted by atomic mass is 9.91. The van der Waals surface area contributed by atoms with Crippen molar-refractivity contribution in [3.8, 4) is 0 Å². The van der Waals surface area contributed by atoms with E-state index in [1.54, 1.807) is 0 Å². The molecule has 3 heterocycles. The van der Waals surface area contributed by atoms with Gasteiger partial charge in [-0.2, -0.15) is 8.42 Å². The van der Waals surface area contributed by atoms with Gasteiger partial charge in [0.25, 0.3) is 0 Å². The van der Waals surface area contributed by atoms with Crippen molar-refractivity contribution in [2.24, 2.45) is 11.1 Å². The number of rotatable bonds is 8. The Morgan fingerprint density at radius 2 is 2.19 bits per heavy atom. The fourth-order valence-electron chi connectivity index (χ4n) is 4.53. The molecule has 1 aliphatic heterocycles. The van der Waals surface area contributed by atoms with Crippen LogP contribution in [0.15, 0.2) is 53.9 Å². The predicted molar refractivity (Wildman–Crippen MR) is 138 cm³/mol. The number of fused-ring (bicyclic) bond motifs is 1. The van der Waals surface area contributed by atoms with Crippen molar-refractivity contribution in [3.63, 3.8) is 0 Å². The maximum Gasteiger partial charge on any atom is 0.333 e. The van der Waals surface area contributed by atoms with Gasteiger partial charge in [-0.15, -0.1) is 11.3 Å². The van der Waals surface area contributed by atoms with Crippen LogP contribution in [0.4, 0.5) is 5.82 Å². The Balaban J connectivity index is 1.31. The minimum Gasteiger partial charge on any atom is -0.343 e.